The molecule has 1 aromatic rings. The van der Waals surface area contributed by atoms with Gasteiger partial charge in [0.05, 0.1) is 0 Å². The van der Waals surface area contributed by atoms with Crippen LogP contribution < -0.4 is 5.73 Å². The number of hydrogen-bond donors (Lipinski definition) is 3. The third kappa shape index (κ3) is 4.32. The number of aromatic carboxylic acids is 1. The van der Waals surface area contributed by atoms with Gasteiger partial charge in [0.2, 0.25) is 0 Å². The summed E-state index contributed by atoms with van der Waals surface area (Å²) < 4.78 is 36.1. The number of hydrogen-bond acceptors (Lipinski definition) is 5. The largest absolute Gasteiger partial charge is 0.478 e. The molecule has 0 amide bonds. The molecular formula is C7H6F3N3O4. The molecule has 1 heterocycles. The second-order valence-corrected chi connectivity index (χ2v) is 2.51. The minimum absolute atomic E-state index is 0.446. The van der Waals surface area contributed by atoms with Crippen LogP contribution in [0.1, 0.15) is 16.1 Å². The number of aromatic nitrogens is 1. The summed E-state index contributed by atoms with van der Waals surface area (Å²) in [6.45, 7) is 0. The van der Waals surface area contributed by atoms with E-state index in [1.54, 1.807) is 0 Å². The third-order valence-electron chi connectivity index (χ3n) is 1.45. The summed E-state index contributed by atoms with van der Waals surface area (Å²) in [4.78, 5) is 21.4. The SMILES string of the molecule is Nc1nc(C(F)(F)F)ccc1C(=O)O.O=NO. The highest BCUT2D eigenvalue weighted by atomic mass is 19.4. The molecular weight excluding hydrogens is 247 g/mol. The lowest BCUT2D eigenvalue weighted by atomic mass is 10.2. The van der Waals surface area contributed by atoms with Crippen LogP contribution in [0.4, 0.5) is 19.0 Å². The number of nitrogen functional groups attached to an aromatic ring is 1. The van der Waals surface area contributed by atoms with E-state index in [1.165, 1.54) is 5.34 Å². The van der Waals surface area contributed by atoms with E-state index in [4.69, 9.17) is 21.0 Å². The molecule has 0 bridgehead atoms. The molecule has 10 heteroatoms. The Morgan fingerprint density at radius 3 is 2.18 bits per heavy atom. The number of alkyl halides is 3. The van der Waals surface area contributed by atoms with Gasteiger partial charge in [-0.15, -0.1) is 4.91 Å². The van der Waals surface area contributed by atoms with Crippen molar-refractivity contribution in [3.8, 4) is 0 Å². The quantitative estimate of drug-likeness (QED) is 0.514. The molecule has 17 heavy (non-hydrogen) atoms. The average Bonchev–Trinajstić information content (AvgIpc) is 2.16. The predicted molar refractivity (Wildman–Crippen MR) is 48.2 cm³/mol. The van der Waals surface area contributed by atoms with Crippen molar-refractivity contribution in [1.29, 1.82) is 0 Å². The summed E-state index contributed by atoms with van der Waals surface area (Å²) in [6.07, 6.45) is -4.62. The van der Waals surface area contributed by atoms with Crippen LogP contribution in [0.3, 0.4) is 0 Å². The van der Waals surface area contributed by atoms with Gasteiger partial charge >= 0.3 is 12.1 Å². The van der Waals surface area contributed by atoms with Gasteiger partial charge in [0.1, 0.15) is 17.1 Å². The zero-order chi connectivity index (χ0) is 13.6. The molecule has 0 aliphatic heterocycles. The molecule has 0 aliphatic carbocycles. The van der Waals surface area contributed by atoms with Crippen molar-refractivity contribution < 1.29 is 28.3 Å². The van der Waals surface area contributed by atoms with Gasteiger partial charge in [-0.2, -0.15) is 13.2 Å². The smallest absolute Gasteiger partial charge is 0.433 e. The third-order valence-corrected chi connectivity index (χ3v) is 1.45. The zero-order valence-electron chi connectivity index (χ0n) is 7.97. The molecule has 1 aromatic heterocycles. The van der Waals surface area contributed by atoms with Gasteiger partial charge in [0.15, 0.2) is 5.34 Å². The minimum Gasteiger partial charge on any atom is -0.478 e. The van der Waals surface area contributed by atoms with Crippen molar-refractivity contribution in [2.45, 2.75) is 6.18 Å². The summed E-state index contributed by atoms with van der Waals surface area (Å²) in [7, 11) is 0. The molecule has 0 unspecified atom stereocenters. The highest BCUT2D eigenvalue weighted by molar-refractivity contribution is 5.92. The number of rotatable bonds is 1. The number of nitrogens with zero attached hydrogens (tertiary/aromatic N) is 2. The van der Waals surface area contributed by atoms with Crippen LogP contribution in [0.15, 0.2) is 17.5 Å². The highest BCUT2D eigenvalue weighted by Crippen LogP contribution is 2.28. The Hall–Kier alpha value is -2.39. The Balaban J connectivity index is 0.000000770. The van der Waals surface area contributed by atoms with Crippen LogP contribution in [0.5, 0.6) is 0 Å². The lowest BCUT2D eigenvalue weighted by Crippen LogP contribution is -2.12. The second kappa shape index (κ2) is 5.63. The first-order valence-corrected chi connectivity index (χ1v) is 3.77. The first-order valence-electron chi connectivity index (χ1n) is 3.77. The molecule has 4 N–H and O–H groups in total. The zero-order valence-corrected chi connectivity index (χ0v) is 7.97. The number of carboxylic acid groups (broad SMARTS) is 1. The summed E-state index contributed by atoms with van der Waals surface area (Å²) >= 11 is 0. The van der Waals surface area contributed by atoms with Gasteiger partial charge in [0, 0.05) is 0 Å². The summed E-state index contributed by atoms with van der Waals surface area (Å²) in [5, 5.41) is 16.3. The van der Waals surface area contributed by atoms with Crippen molar-refractivity contribution in [1.82, 2.24) is 4.98 Å². The van der Waals surface area contributed by atoms with Gasteiger partial charge in [-0.1, -0.05) is 0 Å². The standard InChI is InChI=1S/C7H5F3N2O2.HNO2/c8-7(9,10)4-2-1-3(6(13)14)5(11)12-4;2-1-3/h1-2H,(H2,11,12)(H,13,14);(H,2,3). The summed E-state index contributed by atoms with van der Waals surface area (Å²) in [6, 6.07) is 1.34. The monoisotopic (exact) mass is 253 g/mol. The second-order valence-electron chi connectivity index (χ2n) is 2.51. The lowest BCUT2D eigenvalue weighted by Gasteiger charge is -2.07. The number of halogens is 3. The molecule has 0 saturated heterocycles. The van der Waals surface area contributed by atoms with Crippen molar-refractivity contribution in [2.75, 3.05) is 5.73 Å². The van der Waals surface area contributed by atoms with Gasteiger partial charge in [-0.3, -0.25) is 0 Å². The maximum Gasteiger partial charge on any atom is 0.433 e. The fraction of sp³-hybridized carbons (Fsp3) is 0.143. The van der Waals surface area contributed by atoms with Crippen LogP contribution in [0.2, 0.25) is 0 Å². The van der Waals surface area contributed by atoms with Crippen LogP contribution in [0.25, 0.3) is 0 Å². The minimum atomic E-state index is -4.62. The van der Waals surface area contributed by atoms with E-state index >= 15 is 0 Å². The molecule has 0 aliphatic rings. The van der Waals surface area contributed by atoms with E-state index in [2.05, 4.69) is 4.98 Å². The molecule has 7 nitrogen and oxygen atoms in total. The van der Waals surface area contributed by atoms with Crippen LogP contribution in [-0.2, 0) is 6.18 Å². The number of carbonyl (C=O) groups is 1. The number of pyridine rings is 1. The van der Waals surface area contributed by atoms with Crippen molar-refractivity contribution in [2.24, 2.45) is 5.34 Å². The summed E-state index contributed by atoms with van der Waals surface area (Å²) in [5.41, 5.74) is 3.37. The molecule has 0 radical (unpaired) electrons. The Labute approximate surface area is 91.6 Å². The maximum atomic E-state index is 12.0. The molecule has 0 saturated carbocycles. The first kappa shape index (κ1) is 14.6. The maximum absolute atomic E-state index is 12.0. The van der Waals surface area contributed by atoms with Crippen LogP contribution in [-0.4, -0.2) is 21.3 Å². The van der Waals surface area contributed by atoms with Gasteiger partial charge in [0.25, 0.3) is 0 Å². The highest BCUT2D eigenvalue weighted by Gasteiger charge is 2.33. The van der Waals surface area contributed by atoms with Crippen LogP contribution >= 0.6 is 0 Å². The average molecular weight is 253 g/mol. The van der Waals surface area contributed by atoms with Gasteiger partial charge in [-0.05, 0) is 12.1 Å². The Morgan fingerprint density at radius 1 is 1.41 bits per heavy atom. The van der Waals surface area contributed by atoms with E-state index in [0.29, 0.717) is 6.07 Å². The van der Waals surface area contributed by atoms with Crippen molar-refractivity contribution in [3.63, 3.8) is 0 Å². The number of nitrogens with two attached hydrogens (primary N) is 1. The van der Waals surface area contributed by atoms with Gasteiger partial charge < -0.3 is 16.0 Å². The Bertz CT molecular complexity index is 421. The number of carboxylic acids is 1. The van der Waals surface area contributed by atoms with E-state index in [0.717, 1.165) is 6.07 Å². The topological polar surface area (TPSA) is 126 Å². The lowest BCUT2D eigenvalue weighted by molar-refractivity contribution is -0.141. The fourth-order valence-corrected chi connectivity index (χ4v) is 0.814. The molecule has 0 spiro atoms. The number of anilines is 1. The van der Waals surface area contributed by atoms with Crippen LogP contribution in [0, 0.1) is 4.91 Å². The van der Waals surface area contributed by atoms with Crippen molar-refractivity contribution in [3.05, 3.63) is 28.3 Å². The van der Waals surface area contributed by atoms with Crippen molar-refractivity contribution >= 4 is 11.8 Å². The Morgan fingerprint density at radius 2 is 1.88 bits per heavy atom. The first-order chi connectivity index (χ1) is 7.73. The van der Waals surface area contributed by atoms with E-state index < -0.39 is 29.2 Å². The Kier molecular flexibility index (Phi) is 4.84. The molecule has 94 valence electrons. The molecule has 0 aromatic carbocycles. The molecule has 0 fully saturated rings. The predicted octanol–water partition coefficient (Wildman–Crippen LogP) is 1.52. The van der Waals surface area contributed by atoms with E-state index in [1.807, 2.05) is 0 Å². The summed E-state index contributed by atoms with van der Waals surface area (Å²) in [5.74, 6) is -2.06. The van der Waals surface area contributed by atoms with E-state index in [-0.39, 0.29) is 0 Å². The normalized spacial score (nSPS) is 10.1. The van der Waals surface area contributed by atoms with Gasteiger partial charge in [-0.25, -0.2) is 9.78 Å². The van der Waals surface area contributed by atoms with E-state index in [9.17, 15) is 18.0 Å². The fourth-order valence-electron chi connectivity index (χ4n) is 0.814. The molecule has 0 atom stereocenters. The molecule has 1 rings (SSSR count).